The number of hydrogen-bond acceptors (Lipinski definition) is 3. The highest BCUT2D eigenvalue weighted by molar-refractivity contribution is 6.35. The summed E-state index contributed by atoms with van der Waals surface area (Å²) in [5.41, 5.74) is -0.306. The van der Waals surface area contributed by atoms with E-state index >= 15 is 0 Å². The zero-order valence-corrected chi connectivity index (χ0v) is 14.8. The van der Waals surface area contributed by atoms with Gasteiger partial charge in [0.15, 0.2) is 0 Å². The molecule has 1 aromatic heterocycles. The fraction of sp³-hybridized carbons (Fsp3) is 0.353. The van der Waals surface area contributed by atoms with Gasteiger partial charge in [-0.05, 0) is 25.5 Å². The average molecular weight is 361 g/mol. The lowest BCUT2D eigenvalue weighted by molar-refractivity contribution is -0.126. The van der Waals surface area contributed by atoms with Crippen LogP contribution in [-0.2, 0) is 15.0 Å². The van der Waals surface area contributed by atoms with Gasteiger partial charge in [0.2, 0.25) is 11.8 Å². The normalized spacial score (nSPS) is 21.7. The number of aromatic amines is 1. The van der Waals surface area contributed by atoms with Crippen molar-refractivity contribution in [3.05, 3.63) is 44.7 Å². The number of amides is 2. The van der Waals surface area contributed by atoms with Gasteiger partial charge < -0.3 is 10.2 Å². The summed E-state index contributed by atoms with van der Waals surface area (Å²) in [7, 11) is 1.61. The highest BCUT2D eigenvalue weighted by Gasteiger charge is 2.58. The van der Waals surface area contributed by atoms with Crippen LogP contribution in [0.3, 0.4) is 0 Å². The molecule has 0 aliphatic carbocycles. The molecule has 2 aromatic rings. The summed E-state index contributed by atoms with van der Waals surface area (Å²) < 4.78 is 1.59. The number of carbonyl (C=O) groups excluding carboxylic acids is 2. The van der Waals surface area contributed by atoms with Gasteiger partial charge in [-0.25, -0.2) is 0 Å². The van der Waals surface area contributed by atoms with Crippen LogP contribution in [0.25, 0.3) is 0 Å². The molecule has 25 heavy (non-hydrogen) atoms. The number of hydrogen-bond donors (Lipinski definition) is 2. The molecule has 3 heterocycles. The van der Waals surface area contributed by atoms with Crippen molar-refractivity contribution in [2.24, 2.45) is 0 Å². The lowest BCUT2D eigenvalue weighted by Gasteiger charge is -2.31. The van der Waals surface area contributed by atoms with E-state index in [0.717, 1.165) is 0 Å². The Morgan fingerprint density at radius 1 is 1.24 bits per heavy atom. The van der Waals surface area contributed by atoms with Gasteiger partial charge in [-0.2, -0.15) is 0 Å². The minimum Gasteiger partial charge on any atom is -0.313 e. The zero-order valence-electron chi connectivity index (χ0n) is 14.0. The smallest absolute Gasteiger partial charge is 0.270 e. The number of carbonyl (C=O) groups is 2. The van der Waals surface area contributed by atoms with Crippen LogP contribution in [0.4, 0.5) is 11.5 Å². The van der Waals surface area contributed by atoms with Gasteiger partial charge in [0, 0.05) is 13.1 Å². The number of rotatable bonds is 1. The molecule has 4 rings (SSSR count). The largest absolute Gasteiger partial charge is 0.313 e. The quantitative estimate of drug-likeness (QED) is 0.815. The highest BCUT2D eigenvalue weighted by Crippen LogP contribution is 2.52. The monoisotopic (exact) mass is 360 g/mol. The highest BCUT2D eigenvalue weighted by atomic mass is 35.5. The molecule has 8 heteroatoms. The number of anilines is 2. The molecular weight excluding hydrogens is 344 g/mol. The molecule has 0 saturated carbocycles. The van der Waals surface area contributed by atoms with E-state index in [2.05, 4.69) is 10.4 Å². The first-order valence-electron chi connectivity index (χ1n) is 8.01. The number of aromatic nitrogens is 2. The van der Waals surface area contributed by atoms with Crippen LogP contribution in [0.1, 0.15) is 37.4 Å². The van der Waals surface area contributed by atoms with Gasteiger partial charge in [0.05, 0.1) is 22.7 Å². The molecule has 0 radical (unpaired) electrons. The number of H-pyrrole nitrogens is 1. The van der Waals surface area contributed by atoms with E-state index in [-0.39, 0.29) is 35.4 Å². The number of nitrogens with zero attached hydrogens (tertiary/aromatic N) is 2. The third-order valence-electron chi connectivity index (χ3n) is 5.01. The van der Waals surface area contributed by atoms with Crippen molar-refractivity contribution in [2.45, 2.75) is 31.7 Å². The van der Waals surface area contributed by atoms with Crippen molar-refractivity contribution in [2.75, 3.05) is 17.3 Å². The molecule has 0 bridgehead atoms. The average Bonchev–Trinajstić information content (AvgIpc) is 2.98. The van der Waals surface area contributed by atoms with E-state index in [1.807, 2.05) is 13.8 Å². The van der Waals surface area contributed by atoms with E-state index < -0.39 is 5.41 Å². The molecule has 7 nitrogen and oxygen atoms in total. The van der Waals surface area contributed by atoms with Gasteiger partial charge in [-0.1, -0.05) is 23.7 Å². The van der Waals surface area contributed by atoms with E-state index in [1.165, 1.54) is 4.90 Å². The van der Waals surface area contributed by atoms with Crippen molar-refractivity contribution < 1.29 is 9.59 Å². The number of nitrogens with one attached hydrogen (secondary N) is 2. The maximum Gasteiger partial charge on any atom is 0.270 e. The third kappa shape index (κ3) is 1.84. The molecule has 1 spiro atoms. The van der Waals surface area contributed by atoms with Crippen molar-refractivity contribution in [3.63, 3.8) is 0 Å². The first kappa shape index (κ1) is 16.0. The Morgan fingerprint density at radius 3 is 2.64 bits per heavy atom. The maximum absolute atomic E-state index is 13.3. The molecule has 130 valence electrons. The number of likely N-dealkylation sites (N-methyl/N-ethyl adjacent to an activating group) is 1. The minimum absolute atomic E-state index is 0.0834. The third-order valence-corrected chi connectivity index (χ3v) is 5.31. The van der Waals surface area contributed by atoms with Crippen molar-refractivity contribution in [1.29, 1.82) is 0 Å². The van der Waals surface area contributed by atoms with Gasteiger partial charge in [0.25, 0.3) is 5.56 Å². The first-order chi connectivity index (χ1) is 11.8. The van der Waals surface area contributed by atoms with Crippen LogP contribution in [0, 0.1) is 0 Å². The topological polar surface area (TPSA) is 87.2 Å². The van der Waals surface area contributed by atoms with E-state index in [4.69, 9.17) is 11.6 Å². The molecule has 2 aliphatic rings. The van der Waals surface area contributed by atoms with Crippen molar-refractivity contribution >= 4 is 34.9 Å². The SMILES string of the molecule is CC(C)n1[nH]c(=O)c2c1NC(=O)C[C@@]21C(=O)N(C)c2c(Cl)cccc21. The van der Waals surface area contributed by atoms with Crippen LogP contribution in [0.15, 0.2) is 23.0 Å². The Balaban J connectivity index is 2.12. The van der Waals surface area contributed by atoms with Gasteiger partial charge in [0.1, 0.15) is 11.2 Å². The van der Waals surface area contributed by atoms with Gasteiger partial charge in [-0.15, -0.1) is 0 Å². The van der Waals surface area contributed by atoms with E-state index in [0.29, 0.717) is 22.1 Å². The molecule has 2 aliphatic heterocycles. The first-order valence-corrected chi connectivity index (χ1v) is 8.38. The second kappa shape index (κ2) is 4.98. The summed E-state index contributed by atoms with van der Waals surface area (Å²) in [6, 6.07) is 5.10. The summed E-state index contributed by atoms with van der Waals surface area (Å²) in [5, 5.41) is 5.92. The lowest BCUT2D eigenvalue weighted by atomic mass is 9.71. The van der Waals surface area contributed by atoms with Crippen molar-refractivity contribution in [1.82, 2.24) is 9.78 Å². The fourth-order valence-corrected chi connectivity index (χ4v) is 4.28. The standard InChI is InChI=1S/C17H17ClN4O3/c1-8(2)22-14-12(15(24)20-22)17(7-11(23)19-14)9-5-4-6-10(18)13(9)21(3)16(17)25/h4-6,8H,7H2,1-3H3,(H,19,23)(H,20,24)/t17-/m0/s1. The van der Waals surface area contributed by atoms with E-state index in [1.54, 1.807) is 29.9 Å². The van der Waals surface area contributed by atoms with Crippen LogP contribution in [0.5, 0.6) is 0 Å². The predicted molar refractivity (Wildman–Crippen MR) is 94.3 cm³/mol. The number of halogens is 1. The molecule has 2 N–H and O–H groups in total. The summed E-state index contributed by atoms with van der Waals surface area (Å²) in [4.78, 5) is 39.9. The molecule has 0 unspecified atom stereocenters. The number of fused-ring (bicyclic) bond motifs is 4. The molecule has 0 saturated heterocycles. The second-order valence-corrected chi connectivity index (χ2v) is 7.17. The number of benzene rings is 1. The fourth-order valence-electron chi connectivity index (χ4n) is 3.98. The van der Waals surface area contributed by atoms with Crippen LogP contribution < -0.4 is 15.8 Å². The van der Waals surface area contributed by atoms with Crippen LogP contribution in [0.2, 0.25) is 5.02 Å². The van der Waals surface area contributed by atoms with Crippen LogP contribution >= 0.6 is 11.6 Å². The maximum atomic E-state index is 13.3. The Kier molecular flexibility index (Phi) is 3.18. The van der Waals surface area contributed by atoms with E-state index in [9.17, 15) is 14.4 Å². The summed E-state index contributed by atoms with van der Waals surface area (Å²) >= 11 is 6.31. The second-order valence-electron chi connectivity index (χ2n) is 6.76. The Hall–Kier alpha value is -2.54. The Morgan fingerprint density at radius 2 is 1.96 bits per heavy atom. The summed E-state index contributed by atoms with van der Waals surface area (Å²) in [5.74, 6) is -0.278. The summed E-state index contributed by atoms with van der Waals surface area (Å²) in [6.07, 6.45) is -0.123. The zero-order chi connectivity index (χ0) is 18.1. The minimum atomic E-state index is -1.35. The Bertz CT molecular complexity index is 990. The molecule has 2 amide bonds. The molecule has 1 aromatic carbocycles. The van der Waals surface area contributed by atoms with Gasteiger partial charge in [-0.3, -0.25) is 24.2 Å². The number of para-hydroxylation sites is 1. The molecule has 0 fully saturated rings. The van der Waals surface area contributed by atoms with Crippen LogP contribution in [-0.4, -0.2) is 28.6 Å². The molecular formula is C17H17ClN4O3. The predicted octanol–water partition coefficient (Wildman–Crippen LogP) is 2.02. The van der Waals surface area contributed by atoms with Gasteiger partial charge >= 0.3 is 0 Å². The molecule has 1 atom stereocenters. The van der Waals surface area contributed by atoms with Crippen molar-refractivity contribution in [3.8, 4) is 0 Å². The Labute approximate surface area is 148 Å². The lowest BCUT2D eigenvalue weighted by Crippen LogP contribution is -2.47. The summed E-state index contributed by atoms with van der Waals surface area (Å²) in [6.45, 7) is 3.77.